The van der Waals surface area contributed by atoms with Crippen molar-refractivity contribution < 1.29 is 9.47 Å². The summed E-state index contributed by atoms with van der Waals surface area (Å²) in [6, 6.07) is 0. The lowest BCUT2D eigenvalue weighted by Gasteiger charge is -2.42. The van der Waals surface area contributed by atoms with Crippen LogP contribution >= 0.6 is 0 Å². The Balaban J connectivity index is 2.38. The van der Waals surface area contributed by atoms with Crippen LogP contribution in [-0.2, 0) is 4.74 Å². The van der Waals surface area contributed by atoms with Crippen molar-refractivity contribution in [3.05, 3.63) is 11.4 Å². The minimum atomic E-state index is -0.170. The summed E-state index contributed by atoms with van der Waals surface area (Å²) in [7, 11) is 1.64. The van der Waals surface area contributed by atoms with Gasteiger partial charge in [0.2, 0.25) is 5.88 Å². The van der Waals surface area contributed by atoms with Crippen LogP contribution in [-0.4, -0.2) is 41.9 Å². The van der Waals surface area contributed by atoms with Crippen molar-refractivity contribution in [2.24, 2.45) is 0 Å². The Labute approximate surface area is 115 Å². The number of aryl methyl sites for hydroxylation is 1. The van der Waals surface area contributed by atoms with Gasteiger partial charge in [0.25, 0.3) is 0 Å². The number of ether oxygens (including phenoxy) is 2. The lowest BCUT2D eigenvalue weighted by atomic mass is 10.1. The van der Waals surface area contributed by atoms with E-state index in [2.05, 4.69) is 35.6 Å². The zero-order chi connectivity index (χ0) is 14.2. The van der Waals surface area contributed by atoms with Crippen molar-refractivity contribution >= 4 is 5.82 Å². The number of hydrogen-bond donors (Lipinski definition) is 0. The van der Waals surface area contributed by atoms with Gasteiger partial charge in [0.15, 0.2) is 0 Å². The minimum absolute atomic E-state index is 0.170. The Bertz CT molecular complexity index is 474. The van der Waals surface area contributed by atoms with E-state index in [0.29, 0.717) is 5.88 Å². The number of anilines is 1. The van der Waals surface area contributed by atoms with Crippen LogP contribution in [0.15, 0.2) is 0 Å². The maximum absolute atomic E-state index is 5.94. The maximum atomic E-state index is 5.94. The van der Waals surface area contributed by atoms with Crippen molar-refractivity contribution in [1.82, 2.24) is 9.97 Å². The molecule has 2 rings (SSSR count). The summed E-state index contributed by atoms with van der Waals surface area (Å²) in [6.07, 6.45) is 0.185. The first kappa shape index (κ1) is 14.1. The molecule has 5 heteroatoms. The SMILES string of the molecule is COc1nc(C)nc(N2CC(C)OC(C)(C)C2)c1C. The third kappa shape index (κ3) is 2.97. The number of rotatable bonds is 2. The maximum Gasteiger partial charge on any atom is 0.221 e. The molecular formula is C14H23N3O2. The quantitative estimate of drug-likeness (QED) is 0.819. The Kier molecular flexibility index (Phi) is 3.67. The molecule has 0 N–H and O–H groups in total. The topological polar surface area (TPSA) is 47.5 Å². The number of hydrogen-bond acceptors (Lipinski definition) is 5. The first-order chi connectivity index (χ1) is 8.82. The highest BCUT2D eigenvalue weighted by Crippen LogP contribution is 2.30. The van der Waals surface area contributed by atoms with Gasteiger partial charge in [0.05, 0.1) is 24.4 Å². The van der Waals surface area contributed by atoms with Crippen LogP contribution < -0.4 is 9.64 Å². The zero-order valence-electron chi connectivity index (χ0n) is 12.6. The molecule has 1 aliphatic rings. The zero-order valence-corrected chi connectivity index (χ0v) is 12.6. The molecule has 1 aromatic rings. The molecule has 0 aromatic carbocycles. The summed E-state index contributed by atoms with van der Waals surface area (Å²) in [5.41, 5.74) is 0.814. The minimum Gasteiger partial charge on any atom is -0.481 e. The molecule has 0 aliphatic carbocycles. The van der Waals surface area contributed by atoms with Gasteiger partial charge in [-0.25, -0.2) is 4.98 Å². The molecule has 1 saturated heterocycles. The van der Waals surface area contributed by atoms with Gasteiger partial charge in [-0.2, -0.15) is 4.98 Å². The van der Waals surface area contributed by atoms with Crippen molar-refractivity contribution in [2.45, 2.75) is 46.3 Å². The molecule has 19 heavy (non-hydrogen) atoms. The van der Waals surface area contributed by atoms with Crippen LogP contribution in [0.2, 0.25) is 0 Å². The number of morpholine rings is 1. The van der Waals surface area contributed by atoms with Crippen molar-refractivity contribution in [3.63, 3.8) is 0 Å². The van der Waals surface area contributed by atoms with E-state index in [-0.39, 0.29) is 11.7 Å². The summed E-state index contributed by atoms with van der Waals surface area (Å²) >= 11 is 0. The van der Waals surface area contributed by atoms with E-state index in [4.69, 9.17) is 9.47 Å². The van der Waals surface area contributed by atoms with Crippen LogP contribution in [0.1, 0.15) is 32.2 Å². The van der Waals surface area contributed by atoms with E-state index in [9.17, 15) is 0 Å². The Morgan fingerprint density at radius 3 is 2.58 bits per heavy atom. The predicted octanol–water partition coefficient (Wildman–Crippen LogP) is 2.11. The number of methoxy groups -OCH3 is 1. The van der Waals surface area contributed by atoms with Crippen LogP contribution in [0.4, 0.5) is 5.82 Å². The highest BCUT2D eigenvalue weighted by atomic mass is 16.5. The summed E-state index contributed by atoms with van der Waals surface area (Å²) in [6.45, 7) is 11.9. The summed E-state index contributed by atoms with van der Waals surface area (Å²) < 4.78 is 11.3. The summed E-state index contributed by atoms with van der Waals surface area (Å²) in [5, 5.41) is 0. The van der Waals surface area contributed by atoms with E-state index in [0.717, 1.165) is 30.3 Å². The van der Waals surface area contributed by atoms with Crippen LogP contribution in [0.3, 0.4) is 0 Å². The largest absolute Gasteiger partial charge is 0.481 e. The average molecular weight is 265 g/mol. The molecule has 0 saturated carbocycles. The Hall–Kier alpha value is -1.36. The molecule has 2 heterocycles. The average Bonchev–Trinajstić information content (AvgIpc) is 2.29. The molecule has 0 spiro atoms. The van der Waals surface area contributed by atoms with Crippen molar-refractivity contribution in [2.75, 3.05) is 25.1 Å². The van der Waals surface area contributed by atoms with E-state index in [1.165, 1.54) is 0 Å². The van der Waals surface area contributed by atoms with Gasteiger partial charge < -0.3 is 14.4 Å². The first-order valence-electron chi connectivity index (χ1n) is 6.64. The van der Waals surface area contributed by atoms with Crippen LogP contribution in [0, 0.1) is 13.8 Å². The molecule has 5 nitrogen and oxygen atoms in total. The Morgan fingerprint density at radius 2 is 2.00 bits per heavy atom. The van der Waals surface area contributed by atoms with E-state index in [1.54, 1.807) is 7.11 Å². The van der Waals surface area contributed by atoms with Crippen LogP contribution in [0.25, 0.3) is 0 Å². The summed E-state index contributed by atoms with van der Waals surface area (Å²) in [4.78, 5) is 11.2. The lowest BCUT2D eigenvalue weighted by Crippen LogP contribution is -2.52. The number of nitrogens with zero attached hydrogens (tertiary/aromatic N) is 3. The first-order valence-corrected chi connectivity index (χ1v) is 6.64. The highest BCUT2D eigenvalue weighted by molar-refractivity contribution is 5.51. The third-order valence-electron chi connectivity index (χ3n) is 3.25. The molecule has 1 aliphatic heterocycles. The molecule has 0 bridgehead atoms. The second-order valence-corrected chi connectivity index (χ2v) is 5.80. The van der Waals surface area contributed by atoms with Crippen molar-refractivity contribution in [1.29, 1.82) is 0 Å². The van der Waals surface area contributed by atoms with E-state index >= 15 is 0 Å². The molecule has 1 fully saturated rings. The molecule has 0 radical (unpaired) electrons. The van der Waals surface area contributed by atoms with Crippen molar-refractivity contribution in [3.8, 4) is 5.88 Å². The van der Waals surface area contributed by atoms with E-state index < -0.39 is 0 Å². The second-order valence-electron chi connectivity index (χ2n) is 5.80. The molecule has 0 amide bonds. The smallest absolute Gasteiger partial charge is 0.221 e. The van der Waals surface area contributed by atoms with Crippen LogP contribution in [0.5, 0.6) is 5.88 Å². The lowest BCUT2D eigenvalue weighted by molar-refractivity contribution is -0.0752. The highest BCUT2D eigenvalue weighted by Gasteiger charge is 2.33. The Morgan fingerprint density at radius 1 is 1.32 bits per heavy atom. The van der Waals surface area contributed by atoms with E-state index in [1.807, 2.05) is 13.8 Å². The number of aromatic nitrogens is 2. The molecule has 1 aromatic heterocycles. The predicted molar refractivity (Wildman–Crippen MR) is 74.9 cm³/mol. The van der Waals surface area contributed by atoms with Gasteiger partial charge in [-0.15, -0.1) is 0 Å². The monoisotopic (exact) mass is 265 g/mol. The molecule has 1 atom stereocenters. The van der Waals surface area contributed by atoms with Gasteiger partial charge in [0.1, 0.15) is 11.6 Å². The molecular weight excluding hydrogens is 242 g/mol. The van der Waals surface area contributed by atoms with Gasteiger partial charge in [-0.05, 0) is 34.6 Å². The van der Waals surface area contributed by atoms with Gasteiger partial charge in [-0.3, -0.25) is 0 Å². The fraction of sp³-hybridized carbons (Fsp3) is 0.714. The van der Waals surface area contributed by atoms with Gasteiger partial charge in [-0.1, -0.05) is 0 Å². The van der Waals surface area contributed by atoms with Gasteiger partial charge >= 0.3 is 0 Å². The molecule has 1 unspecified atom stereocenters. The fourth-order valence-electron chi connectivity index (χ4n) is 2.71. The standard InChI is InChI=1S/C14H23N3O2/c1-9-7-17(8-14(4,5)19-9)12-10(2)13(18-6)16-11(3)15-12/h9H,7-8H2,1-6H3. The molecule has 106 valence electrons. The van der Waals surface area contributed by atoms with Gasteiger partial charge in [0, 0.05) is 13.1 Å². The third-order valence-corrected chi connectivity index (χ3v) is 3.25. The normalized spacial score (nSPS) is 22.4. The fourth-order valence-corrected chi connectivity index (χ4v) is 2.71. The second kappa shape index (κ2) is 4.96. The summed E-state index contributed by atoms with van der Waals surface area (Å²) in [5.74, 6) is 2.33.